The maximum atomic E-state index is 14.3. The van der Waals surface area contributed by atoms with Crippen LogP contribution in [-0.4, -0.2) is 97.1 Å². The Bertz CT molecular complexity index is 1830. The van der Waals surface area contributed by atoms with E-state index >= 15 is 0 Å². The van der Waals surface area contributed by atoms with Gasteiger partial charge in [-0.25, -0.2) is 19.4 Å². The standard InChI is InChI=1S/C45H66N6O10/c1-29(2)20-35(47-40(53)36(48-43(57)61-45(7,8)9)22-34-23-46-27-50(34)28-59-25-32-16-12-10-13-17-32)38(52)24-51(44(58)60-26-33-18-14-11-15-19-33)37(21-30(3)4)41(54)49-39(31(5)6)42(55)56/h10-19,23,27,29-31,35-39,52H,20-22,24-26,28H2,1-9H3,(H,47,53)(H,48,57)(H,49,54)(H,55,56)/t35-,36-,37-,38?,39-/m0/s1. The average molecular weight is 851 g/mol. The molecule has 0 fully saturated rings. The molecule has 5 N–H and O–H groups in total. The minimum atomic E-state index is -1.46. The number of carboxylic acid groups (broad SMARTS) is 1. The number of carbonyl (C=O) groups excluding carboxylic acids is 4. The lowest BCUT2D eigenvalue weighted by atomic mass is 9.96. The topological polar surface area (TPSA) is 211 Å². The molecule has 16 heteroatoms. The average Bonchev–Trinajstić information content (AvgIpc) is 3.62. The second-order valence-corrected chi connectivity index (χ2v) is 17.4. The Morgan fingerprint density at radius 3 is 1.93 bits per heavy atom. The van der Waals surface area contributed by atoms with E-state index in [4.69, 9.17) is 14.2 Å². The highest BCUT2D eigenvalue weighted by Crippen LogP contribution is 2.20. The summed E-state index contributed by atoms with van der Waals surface area (Å²) in [6.45, 7) is 15.8. The van der Waals surface area contributed by atoms with Crippen molar-refractivity contribution in [2.75, 3.05) is 6.54 Å². The van der Waals surface area contributed by atoms with E-state index < -0.39 is 78.3 Å². The first kappa shape index (κ1) is 49.9. The number of aliphatic hydroxyl groups excluding tert-OH is 1. The van der Waals surface area contributed by atoms with Crippen LogP contribution in [0.25, 0.3) is 0 Å². The number of aromatic nitrogens is 2. The van der Waals surface area contributed by atoms with Crippen LogP contribution in [-0.2, 0) is 55.0 Å². The molecule has 0 aliphatic heterocycles. The lowest BCUT2D eigenvalue weighted by Crippen LogP contribution is -2.59. The largest absolute Gasteiger partial charge is 0.480 e. The maximum Gasteiger partial charge on any atom is 0.410 e. The van der Waals surface area contributed by atoms with Gasteiger partial charge in [0, 0.05) is 18.3 Å². The van der Waals surface area contributed by atoms with E-state index in [0.717, 1.165) is 10.5 Å². The molecule has 61 heavy (non-hydrogen) atoms. The Morgan fingerprint density at radius 1 is 0.803 bits per heavy atom. The molecule has 2 aromatic carbocycles. The van der Waals surface area contributed by atoms with Crippen molar-refractivity contribution in [3.63, 3.8) is 0 Å². The first-order valence-corrected chi connectivity index (χ1v) is 20.8. The van der Waals surface area contributed by atoms with Crippen LogP contribution >= 0.6 is 0 Å². The fraction of sp³-hybridized carbons (Fsp3) is 0.556. The molecular weight excluding hydrogens is 785 g/mol. The third-order valence-corrected chi connectivity index (χ3v) is 9.51. The lowest BCUT2D eigenvalue weighted by molar-refractivity contribution is -0.144. The molecule has 0 bridgehead atoms. The van der Waals surface area contributed by atoms with Gasteiger partial charge in [0.1, 0.15) is 37.1 Å². The van der Waals surface area contributed by atoms with Crippen molar-refractivity contribution in [1.82, 2.24) is 30.4 Å². The first-order chi connectivity index (χ1) is 28.7. The highest BCUT2D eigenvalue weighted by molar-refractivity contribution is 5.89. The highest BCUT2D eigenvalue weighted by atomic mass is 16.6. The number of carbonyl (C=O) groups is 5. The molecule has 1 unspecified atom stereocenters. The first-order valence-electron chi connectivity index (χ1n) is 20.8. The van der Waals surface area contributed by atoms with Crippen molar-refractivity contribution in [1.29, 1.82) is 0 Å². The number of rotatable bonds is 23. The number of carboxylic acids is 1. The second-order valence-electron chi connectivity index (χ2n) is 17.4. The summed E-state index contributed by atoms with van der Waals surface area (Å²) in [4.78, 5) is 73.0. The van der Waals surface area contributed by atoms with Gasteiger partial charge in [0.15, 0.2) is 0 Å². The summed E-state index contributed by atoms with van der Waals surface area (Å²) in [6.07, 6.45) is 0.226. The molecule has 0 radical (unpaired) electrons. The van der Waals surface area contributed by atoms with Gasteiger partial charge in [-0.1, -0.05) is 102 Å². The van der Waals surface area contributed by atoms with Gasteiger partial charge >= 0.3 is 18.2 Å². The van der Waals surface area contributed by atoms with Crippen molar-refractivity contribution >= 4 is 30.0 Å². The van der Waals surface area contributed by atoms with E-state index in [-0.39, 0.29) is 44.4 Å². The predicted molar refractivity (Wildman–Crippen MR) is 229 cm³/mol. The van der Waals surface area contributed by atoms with E-state index in [9.17, 15) is 34.2 Å². The fourth-order valence-electron chi connectivity index (χ4n) is 6.49. The van der Waals surface area contributed by atoms with Gasteiger partial charge in [0.2, 0.25) is 11.8 Å². The van der Waals surface area contributed by atoms with Gasteiger partial charge < -0.3 is 44.9 Å². The molecule has 4 amide bonds. The number of hydrogen-bond donors (Lipinski definition) is 5. The molecule has 16 nitrogen and oxygen atoms in total. The van der Waals surface area contributed by atoms with Crippen LogP contribution in [0, 0.1) is 17.8 Å². The Morgan fingerprint density at radius 2 is 1.39 bits per heavy atom. The molecule has 3 aromatic rings. The van der Waals surface area contributed by atoms with Crippen molar-refractivity contribution in [3.05, 3.63) is 90.0 Å². The van der Waals surface area contributed by atoms with Crippen LogP contribution in [0.1, 0.15) is 92.0 Å². The van der Waals surface area contributed by atoms with E-state index in [1.54, 1.807) is 76.0 Å². The SMILES string of the molecule is CC(C)C[C@H](NC(=O)[C@H](Cc1cncn1COCc1ccccc1)NC(=O)OC(C)(C)C)C(O)CN(C(=O)OCc1ccccc1)[C@@H](CC(C)C)C(=O)N[C@H](C(=O)O)C(C)C. The smallest absolute Gasteiger partial charge is 0.410 e. The third kappa shape index (κ3) is 17.6. The Labute approximate surface area is 359 Å². The maximum absolute atomic E-state index is 14.3. The zero-order chi connectivity index (χ0) is 45.3. The van der Waals surface area contributed by atoms with Crippen molar-refractivity contribution < 1.29 is 48.4 Å². The summed E-state index contributed by atoms with van der Waals surface area (Å²) in [6, 6.07) is 13.8. The van der Waals surface area contributed by atoms with Crippen molar-refractivity contribution in [2.24, 2.45) is 17.8 Å². The molecule has 0 aliphatic carbocycles. The number of imidazole rings is 1. The summed E-state index contributed by atoms with van der Waals surface area (Å²) in [5.41, 5.74) is 1.36. The quantitative estimate of drug-likeness (QED) is 0.0786. The summed E-state index contributed by atoms with van der Waals surface area (Å²) < 4.78 is 18.8. The molecule has 0 saturated heterocycles. The third-order valence-electron chi connectivity index (χ3n) is 9.51. The monoisotopic (exact) mass is 850 g/mol. The molecule has 5 atom stereocenters. The number of amides is 4. The lowest BCUT2D eigenvalue weighted by Gasteiger charge is -2.36. The summed E-state index contributed by atoms with van der Waals surface area (Å²) in [5.74, 6) is -3.31. The number of hydrogen-bond acceptors (Lipinski definition) is 10. The van der Waals surface area contributed by atoms with Crippen LogP contribution in [0.4, 0.5) is 9.59 Å². The van der Waals surface area contributed by atoms with Crippen LogP contribution in [0.2, 0.25) is 0 Å². The van der Waals surface area contributed by atoms with Crippen molar-refractivity contribution in [2.45, 2.75) is 137 Å². The van der Waals surface area contributed by atoms with Crippen molar-refractivity contribution in [3.8, 4) is 0 Å². The van der Waals surface area contributed by atoms with E-state index in [1.165, 1.54) is 0 Å². The number of aliphatic hydroxyl groups is 1. The minimum Gasteiger partial charge on any atom is -0.480 e. The number of aliphatic carboxylic acids is 1. The second kappa shape index (κ2) is 24.1. The van der Waals surface area contributed by atoms with Gasteiger partial charge in [-0.05, 0) is 62.5 Å². The van der Waals surface area contributed by atoms with Gasteiger partial charge in [0.25, 0.3) is 0 Å². The summed E-state index contributed by atoms with van der Waals surface area (Å²) >= 11 is 0. The zero-order valence-electron chi connectivity index (χ0n) is 37.0. The van der Waals surface area contributed by atoms with Gasteiger partial charge in [-0.15, -0.1) is 0 Å². The van der Waals surface area contributed by atoms with Gasteiger partial charge in [-0.3, -0.25) is 14.5 Å². The van der Waals surface area contributed by atoms with Crippen LogP contribution in [0.15, 0.2) is 73.2 Å². The fourth-order valence-corrected chi connectivity index (χ4v) is 6.49. The number of nitrogens with one attached hydrogen (secondary N) is 3. The number of ether oxygens (including phenoxy) is 3. The van der Waals surface area contributed by atoms with E-state index in [0.29, 0.717) is 17.9 Å². The van der Waals surface area contributed by atoms with Gasteiger partial charge in [0.05, 0.1) is 31.6 Å². The highest BCUT2D eigenvalue weighted by Gasteiger charge is 2.38. The van der Waals surface area contributed by atoms with E-state index in [2.05, 4.69) is 20.9 Å². The Kier molecular flexibility index (Phi) is 19.7. The molecular formula is C45H66N6O10. The normalized spacial score (nSPS) is 14.1. The molecule has 1 heterocycles. The van der Waals surface area contributed by atoms with E-state index in [1.807, 2.05) is 64.1 Å². The van der Waals surface area contributed by atoms with Crippen LogP contribution in [0.3, 0.4) is 0 Å². The van der Waals surface area contributed by atoms with Crippen LogP contribution < -0.4 is 16.0 Å². The predicted octanol–water partition coefficient (Wildman–Crippen LogP) is 5.66. The number of alkyl carbamates (subject to hydrolysis) is 1. The Balaban J connectivity index is 1.95. The zero-order valence-corrected chi connectivity index (χ0v) is 37.0. The summed E-state index contributed by atoms with van der Waals surface area (Å²) in [5, 5.41) is 30.1. The molecule has 0 saturated carbocycles. The summed E-state index contributed by atoms with van der Waals surface area (Å²) in [7, 11) is 0. The number of benzene rings is 2. The van der Waals surface area contributed by atoms with Gasteiger partial charge in [-0.2, -0.15) is 0 Å². The number of nitrogens with zero attached hydrogens (tertiary/aromatic N) is 3. The molecule has 0 spiro atoms. The molecule has 0 aliphatic rings. The molecule has 1 aromatic heterocycles. The molecule has 336 valence electrons. The van der Waals surface area contributed by atoms with Crippen LogP contribution in [0.5, 0.6) is 0 Å². The minimum absolute atomic E-state index is 0.0283. The molecule has 3 rings (SSSR count). The Hall–Kier alpha value is -5.48.